The van der Waals surface area contributed by atoms with Crippen LogP contribution in [0, 0.1) is 0 Å². The molecule has 0 atom stereocenters. The minimum Gasteiger partial charge on any atom is -0.489 e. The van der Waals surface area contributed by atoms with Gasteiger partial charge in [0.05, 0.1) is 30.0 Å². The van der Waals surface area contributed by atoms with E-state index in [1.165, 1.54) is 4.31 Å². The van der Waals surface area contributed by atoms with Crippen molar-refractivity contribution in [1.82, 2.24) is 14.3 Å². The molecule has 2 aromatic rings. The molecule has 0 amide bonds. The van der Waals surface area contributed by atoms with Crippen molar-refractivity contribution in [1.29, 1.82) is 0 Å². The van der Waals surface area contributed by atoms with Gasteiger partial charge in [-0.1, -0.05) is 0 Å². The summed E-state index contributed by atoms with van der Waals surface area (Å²) in [5, 5.41) is 0. The summed E-state index contributed by atoms with van der Waals surface area (Å²) in [5.41, 5.74) is 0.105. The number of fused-ring (bicyclic) bond motifs is 1. The predicted octanol–water partition coefficient (Wildman–Crippen LogP) is 3.60. The monoisotopic (exact) mass is 510 g/mol. The van der Waals surface area contributed by atoms with Crippen molar-refractivity contribution in [2.45, 2.75) is 56.7 Å². The SMILES string of the molecule is COc1ccc(OC2CCN(c3nc4c(cc3Br)S(=O)(=O)N(C(C)(C)C)C4)CC2)cn1. The highest BCUT2D eigenvalue weighted by Crippen LogP contribution is 2.39. The smallest absolute Gasteiger partial charge is 0.245 e. The fraction of sp³-hybridized carbons (Fsp3) is 0.524. The quantitative estimate of drug-likeness (QED) is 0.620. The lowest BCUT2D eigenvalue weighted by Gasteiger charge is -2.33. The lowest BCUT2D eigenvalue weighted by molar-refractivity contribution is 0.169. The molecule has 4 heterocycles. The number of anilines is 1. The first-order valence-electron chi connectivity index (χ1n) is 10.2. The molecule has 2 aliphatic rings. The Kier molecular flexibility index (Phi) is 5.91. The highest BCUT2D eigenvalue weighted by Gasteiger charge is 2.43. The molecule has 4 rings (SSSR count). The Morgan fingerprint density at radius 1 is 1.19 bits per heavy atom. The molecular weight excluding hydrogens is 484 g/mol. The van der Waals surface area contributed by atoms with Crippen LogP contribution in [0.5, 0.6) is 11.6 Å². The Morgan fingerprint density at radius 2 is 1.90 bits per heavy atom. The molecule has 1 fully saturated rings. The van der Waals surface area contributed by atoms with E-state index in [0.717, 1.165) is 37.5 Å². The topological polar surface area (TPSA) is 84.9 Å². The molecule has 0 radical (unpaired) electrons. The van der Waals surface area contributed by atoms with E-state index in [2.05, 4.69) is 25.8 Å². The Morgan fingerprint density at radius 3 is 2.48 bits per heavy atom. The van der Waals surface area contributed by atoms with Crippen molar-refractivity contribution in [3.63, 3.8) is 0 Å². The number of halogens is 1. The zero-order chi connectivity index (χ0) is 22.4. The Labute approximate surface area is 191 Å². The zero-order valence-electron chi connectivity index (χ0n) is 18.1. The number of hydrogen-bond donors (Lipinski definition) is 0. The first-order chi connectivity index (χ1) is 14.6. The van der Waals surface area contributed by atoms with Crippen molar-refractivity contribution in [3.8, 4) is 11.6 Å². The van der Waals surface area contributed by atoms with Gasteiger partial charge in [0.2, 0.25) is 15.9 Å². The molecule has 0 saturated carbocycles. The van der Waals surface area contributed by atoms with E-state index in [4.69, 9.17) is 14.5 Å². The van der Waals surface area contributed by atoms with Crippen molar-refractivity contribution in [3.05, 3.63) is 34.6 Å². The van der Waals surface area contributed by atoms with Crippen LogP contribution in [0.25, 0.3) is 0 Å². The first kappa shape index (κ1) is 22.3. The molecular formula is C21H27BrN4O4S. The van der Waals surface area contributed by atoms with Crippen LogP contribution in [0.3, 0.4) is 0 Å². The molecule has 0 N–H and O–H groups in total. The summed E-state index contributed by atoms with van der Waals surface area (Å²) in [7, 11) is -1.95. The molecule has 1 saturated heterocycles. The highest BCUT2D eigenvalue weighted by molar-refractivity contribution is 9.10. The predicted molar refractivity (Wildman–Crippen MR) is 121 cm³/mol. The summed E-state index contributed by atoms with van der Waals surface area (Å²) in [6.45, 7) is 7.54. The zero-order valence-corrected chi connectivity index (χ0v) is 20.5. The lowest BCUT2D eigenvalue weighted by Crippen LogP contribution is -2.41. The Hall–Kier alpha value is -1.91. The number of hydrogen-bond acceptors (Lipinski definition) is 7. The lowest BCUT2D eigenvalue weighted by atomic mass is 10.1. The summed E-state index contributed by atoms with van der Waals surface area (Å²) in [6, 6.07) is 5.34. The Balaban J connectivity index is 1.46. The second kappa shape index (κ2) is 8.22. The van der Waals surface area contributed by atoms with Gasteiger partial charge in [0.25, 0.3) is 0 Å². The van der Waals surface area contributed by atoms with Gasteiger partial charge in [-0.3, -0.25) is 0 Å². The van der Waals surface area contributed by atoms with Crippen LogP contribution in [0.2, 0.25) is 0 Å². The van der Waals surface area contributed by atoms with Gasteiger partial charge in [-0.2, -0.15) is 4.31 Å². The van der Waals surface area contributed by atoms with Gasteiger partial charge < -0.3 is 14.4 Å². The van der Waals surface area contributed by atoms with E-state index in [-0.39, 0.29) is 6.10 Å². The number of ether oxygens (including phenoxy) is 2. The van der Waals surface area contributed by atoms with Crippen molar-refractivity contribution in [2.75, 3.05) is 25.1 Å². The third kappa shape index (κ3) is 4.38. The van der Waals surface area contributed by atoms with E-state index in [1.807, 2.05) is 26.8 Å². The number of piperidine rings is 1. The van der Waals surface area contributed by atoms with Crippen LogP contribution in [0.15, 0.2) is 33.8 Å². The van der Waals surface area contributed by atoms with Gasteiger partial charge in [-0.25, -0.2) is 18.4 Å². The number of sulfonamides is 1. The second-order valence-electron chi connectivity index (χ2n) is 8.76. The van der Waals surface area contributed by atoms with E-state index in [0.29, 0.717) is 27.5 Å². The van der Waals surface area contributed by atoms with Gasteiger partial charge in [-0.15, -0.1) is 0 Å². The first-order valence-corrected chi connectivity index (χ1v) is 12.5. The number of nitrogens with zero attached hydrogens (tertiary/aromatic N) is 4. The molecule has 168 valence electrons. The maximum atomic E-state index is 12.9. The van der Waals surface area contributed by atoms with Gasteiger partial charge in [0.15, 0.2) is 0 Å². The fourth-order valence-corrected chi connectivity index (χ4v) is 6.58. The third-order valence-corrected chi connectivity index (χ3v) is 8.32. The van der Waals surface area contributed by atoms with Gasteiger partial charge in [-0.05, 0) is 48.8 Å². The highest BCUT2D eigenvalue weighted by atomic mass is 79.9. The number of rotatable bonds is 4. The molecule has 0 aliphatic carbocycles. The van der Waals surface area contributed by atoms with Crippen molar-refractivity contribution in [2.24, 2.45) is 0 Å². The van der Waals surface area contributed by atoms with Crippen molar-refractivity contribution < 1.29 is 17.9 Å². The minimum atomic E-state index is -3.54. The molecule has 0 spiro atoms. The summed E-state index contributed by atoms with van der Waals surface area (Å²) in [5.74, 6) is 2.07. The van der Waals surface area contributed by atoms with E-state index >= 15 is 0 Å². The fourth-order valence-electron chi connectivity index (χ4n) is 3.93. The second-order valence-corrected chi connectivity index (χ2v) is 11.4. The van der Waals surface area contributed by atoms with Gasteiger partial charge in [0.1, 0.15) is 22.6 Å². The molecule has 8 nitrogen and oxygen atoms in total. The largest absolute Gasteiger partial charge is 0.489 e. The standard InChI is InChI=1S/C21H27BrN4O4S/c1-21(2,3)26-13-17-18(31(26,27)28)11-16(22)20(24-17)25-9-7-14(8-10-25)30-15-5-6-19(29-4)23-12-15/h5-6,11-12,14H,7-10,13H2,1-4H3. The maximum Gasteiger partial charge on any atom is 0.245 e. The maximum absolute atomic E-state index is 12.9. The summed E-state index contributed by atoms with van der Waals surface area (Å²) in [4.78, 5) is 11.4. The van der Waals surface area contributed by atoms with Crippen molar-refractivity contribution >= 4 is 31.8 Å². The number of aromatic nitrogens is 2. The van der Waals surface area contributed by atoms with Crippen LogP contribution in [0.4, 0.5) is 5.82 Å². The summed E-state index contributed by atoms with van der Waals surface area (Å²) in [6.07, 6.45) is 3.44. The van der Waals surface area contributed by atoms with Crippen LogP contribution in [-0.2, 0) is 16.6 Å². The van der Waals surface area contributed by atoms with Gasteiger partial charge in [0, 0.05) is 37.5 Å². The molecule has 0 aromatic carbocycles. The molecule has 31 heavy (non-hydrogen) atoms. The van der Waals surface area contributed by atoms with Gasteiger partial charge >= 0.3 is 0 Å². The minimum absolute atomic E-state index is 0.0939. The Bertz CT molecular complexity index is 1060. The average molecular weight is 511 g/mol. The van der Waals surface area contributed by atoms with Crippen LogP contribution in [0.1, 0.15) is 39.3 Å². The molecule has 0 unspecified atom stereocenters. The summed E-state index contributed by atoms with van der Waals surface area (Å²) >= 11 is 3.55. The molecule has 10 heteroatoms. The number of methoxy groups -OCH3 is 1. The summed E-state index contributed by atoms with van der Waals surface area (Å²) < 4.78 is 39.2. The normalized spacial score (nSPS) is 19.3. The van der Waals surface area contributed by atoms with Crippen LogP contribution in [-0.4, -0.2) is 54.5 Å². The van der Waals surface area contributed by atoms with E-state index in [9.17, 15) is 8.42 Å². The van der Waals surface area contributed by atoms with E-state index < -0.39 is 15.6 Å². The average Bonchev–Trinajstić information content (AvgIpc) is 2.99. The number of pyridine rings is 2. The van der Waals surface area contributed by atoms with Crippen LogP contribution < -0.4 is 14.4 Å². The van der Waals surface area contributed by atoms with Crippen LogP contribution >= 0.6 is 15.9 Å². The molecule has 2 aromatic heterocycles. The molecule has 0 bridgehead atoms. The van der Waals surface area contributed by atoms with E-state index in [1.54, 1.807) is 25.4 Å². The molecule has 2 aliphatic heterocycles. The third-order valence-electron chi connectivity index (χ3n) is 5.57.